The maximum absolute atomic E-state index is 9.33. The Hall–Kier alpha value is -0.160. The van der Waals surface area contributed by atoms with Crippen LogP contribution >= 0.6 is 0 Å². The predicted molar refractivity (Wildman–Crippen MR) is 45.1 cm³/mol. The van der Waals surface area contributed by atoms with Crippen LogP contribution in [0.3, 0.4) is 0 Å². The molecule has 4 heteroatoms. The molecule has 4 nitrogen and oxygen atoms in total. The van der Waals surface area contributed by atoms with Crippen LogP contribution in [0.1, 0.15) is 6.42 Å². The molecule has 0 bridgehead atoms. The Labute approximate surface area is 72.9 Å². The topological polar surface area (TPSA) is 50.7 Å². The molecule has 0 spiro atoms. The molecule has 0 radical (unpaired) electrons. The van der Waals surface area contributed by atoms with Gasteiger partial charge in [0, 0.05) is 33.4 Å². The Balaban J connectivity index is 1.98. The molecule has 12 heavy (non-hydrogen) atoms. The third-order valence-corrected chi connectivity index (χ3v) is 1.95. The van der Waals surface area contributed by atoms with Crippen molar-refractivity contribution in [3.63, 3.8) is 0 Å². The van der Waals surface area contributed by atoms with Gasteiger partial charge in [-0.3, -0.25) is 0 Å². The molecule has 1 heterocycles. The van der Waals surface area contributed by atoms with Crippen LogP contribution in [0.5, 0.6) is 0 Å². The van der Waals surface area contributed by atoms with Gasteiger partial charge in [0.05, 0.1) is 12.2 Å². The molecule has 1 rings (SSSR count). The average molecular weight is 175 g/mol. The molecule has 1 fully saturated rings. The highest BCUT2D eigenvalue weighted by Crippen LogP contribution is 2.04. The minimum atomic E-state index is -0.340. The van der Waals surface area contributed by atoms with E-state index in [1.807, 2.05) is 0 Å². The van der Waals surface area contributed by atoms with Crippen molar-refractivity contribution in [3.8, 4) is 0 Å². The van der Waals surface area contributed by atoms with E-state index >= 15 is 0 Å². The summed E-state index contributed by atoms with van der Waals surface area (Å²) in [7, 11) is 1.67. The summed E-state index contributed by atoms with van der Waals surface area (Å²) in [5.41, 5.74) is 0. The second-order valence-corrected chi connectivity index (χ2v) is 2.98. The average Bonchev–Trinajstić information content (AvgIpc) is 2.46. The van der Waals surface area contributed by atoms with E-state index in [0.29, 0.717) is 13.2 Å². The minimum absolute atomic E-state index is 0.0261. The molecule has 1 saturated heterocycles. The molecular formula is C8H17NO3. The highest BCUT2D eigenvalue weighted by atomic mass is 16.5. The highest BCUT2D eigenvalue weighted by molar-refractivity contribution is 4.80. The number of aliphatic hydroxyl groups is 1. The number of methoxy groups -OCH3 is 1. The van der Waals surface area contributed by atoms with Crippen molar-refractivity contribution in [1.29, 1.82) is 0 Å². The summed E-state index contributed by atoms with van der Waals surface area (Å²) < 4.78 is 10.3. The van der Waals surface area contributed by atoms with Crippen LogP contribution in [0.4, 0.5) is 0 Å². The van der Waals surface area contributed by atoms with Gasteiger partial charge in [0.1, 0.15) is 0 Å². The second kappa shape index (κ2) is 5.48. The van der Waals surface area contributed by atoms with E-state index in [4.69, 9.17) is 9.47 Å². The Bertz CT molecular complexity index is 121. The van der Waals surface area contributed by atoms with Gasteiger partial charge in [-0.05, 0) is 6.42 Å². The van der Waals surface area contributed by atoms with Crippen LogP contribution in [-0.4, -0.2) is 50.7 Å². The third-order valence-electron chi connectivity index (χ3n) is 1.95. The monoisotopic (exact) mass is 175 g/mol. The molecule has 0 aromatic heterocycles. The van der Waals surface area contributed by atoms with Gasteiger partial charge in [0.2, 0.25) is 0 Å². The van der Waals surface area contributed by atoms with E-state index in [1.54, 1.807) is 7.11 Å². The fraction of sp³-hybridized carbons (Fsp3) is 1.00. The Morgan fingerprint density at radius 1 is 1.42 bits per heavy atom. The number of hydrogen-bond acceptors (Lipinski definition) is 4. The van der Waals surface area contributed by atoms with Gasteiger partial charge in [-0.15, -0.1) is 0 Å². The number of hydrogen-bond donors (Lipinski definition) is 2. The molecule has 2 atom stereocenters. The van der Waals surface area contributed by atoms with Gasteiger partial charge < -0.3 is 19.9 Å². The van der Waals surface area contributed by atoms with Gasteiger partial charge in [0.25, 0.3) is 0 Å². The van der Waals surface area contributed by atoms with E-state index in [0.717, 1.165) is 19.6 Å². The van der Waals surface area contributed by atoms with Crippen LogP contribution in [-0.2, 0) is 9.47 Å². The number of nitrogens with one attached hydrogen (secondary N) is 1. The number of aliphatic hydroxyl groups excluding tert-OH is 1. The molecular weight excluding hydrogens is 158 g/mol. The fourth-order valence-corrected chi connectivity index (χ4v) is 1.25. The summed E-state index contributed by atoms with van der Waals surface area (Å²) in [5, 5.41) is 12.4. The van der Waals surface area contributed by atoms with Crippen LogP contribution in [0.2, 0.25) is 0 Å². The quantitative estimate of drug-likeness (QED) is 0.546. The number of β-amino-alcohol motifs (C(OH)–C–C–N with tert-alkyl or cyclic N) is 1. The Morgan fingerprint density at radius 2 is 2.25 bits per heavy atom. The zero-order valence-corrected chi connectivity index (χ0v) is 7.45. The largest absolute Gasteiger partial charge is 0.389 e. The van der Waals surface area contributed by atoms with Crippen molar-refractivity contribution in [2.24, 2.45) is 0 Å². The first-order valence-corrected chi connectivity index (χ1v) is 4.34. The summed E-state index contributed by atoms with van der Waals surface area (Å²) in [6.07, 6.45) is 0.522. The van der Waals surface area contributed by atoms with Crippen LogP contribution in [0, 0.1) is 0 Å². The summed E-state index contributed by atoms with van der Waals surface area (Å²) >= 11 is 0. The lowest BCUT2D eigenvalue weighted by Gasteiger charge is -2.13. The van der Waals surface area contributed by atoms with Gasteiger partial charge in [-0.1, -0.05) is 0 Å². The second-order valence-electron chi connectivity index (χ2n) is 2.98. The summed E-state index contributed by atoms with van der Waals surface area (Å²) in [4.78, 5) is 0. The lowest BCUT2D eigenvalue weighted by Crippen LogP contribution is -2.27. The predicted octanol–water partition coefficient (Wildman–Crippen LogP) is -0.628. The molecule has 0 aromatic carbocycles. The minimum Gasteiger partial charge on any atom is -0.389 e. The van der Waals surface area contributed by atoms with Gasteiger partial charge in [-0.25, -0.2) is 0 Å². The summed E-state index contributed by atoms with van der Waals surface area (Å²) in [5.74, 6) is 0. The molecule has 72 valence electrons. The zero-order valence-electron chi connectivity index (χ0n) is 7.45. The van der Waals surface area contributed by atoms with Crippen molar-refractivity contribution < 1.29 is 14.6 Å². The van der Waals surface area contributed by atoms with Crippen LogP contribution in [0.15, 0.2) is 0 Å². The molecule has 0 amide bonds. The van der Waals surface area contributed by atoms with Crippen molar-refractivity contribution in [2.75, 3.05) is 33.4 Å². The Morgan fingerprint density at radius 3 is 2.83 bits per heavy atom. The normalized spacial score (nSPS) is 29.5. The van der Waals surface area contributed by atoms with E-state index in [-0.39, 0.29) is 12.2 Å². The van der Waals surface area contributed by atoms with Gasteiger partial charge in [0.15, 0.2) is 0 Å². The number of ether oxygens (including phenoxy) is 2. The maximum Gasteiger partial charge on any atom is 0.0970 e. The Kier molecular flexibility index (Phi) is 4.53. The lowest BCUT2D eigenvalue weighted by molar-refractivity contribution is -0.0139. The van der Waals surface area contributed by atoms with E-state index < -0.39 is 0 Å². The van der Waals surface area contributed by atoms with Crippen molar-refractivity contribution in [3.05, 3.63) is 0 Å². The van der Waals surface area contributed by atoms with E-state index in [9.17, 15) is 5.11 Å². The van der Waals surface area contributed by atoms with Crippen LogP contribution < -0.4 is 5.32 Å². The standard InChI is InChI=1S/C8H17NO3/c1-11-3-2-4-12-8-6-9-5-7(8)10/h7-10H,2-6H2,1H3/t7-,8-/m1/s1. The first kappa shape index (κ1) is 9.92. The molecule has 2 N–H and O–H groups in total. The SMILES string of the molecule is COCCCO[C@@H]1CNC[C@H]1O. The fourth-order valence-electron chi connectivity index (χ4n) is 1.25. The van der Waals surface area contributed by atoms with E-state index in [2.05, 4.69) is 5.32 Å². The molecule has 1 aliphatic heterocycles. The summed E-state index contributed by atoms with van der Waals surface area (Å²) in [6.45, 7) is 2.79. The molecule has 0 saturated carbocycles. The lowest BCUT2D eigenvalue weighted by atomic mass is 10.2. The molecule has 0 aliphatic carbocycles. The van der Waals surface area contributed by atoms with Crippen molar-refractivity contribution >= 4 is 0 Å². The smallest absolute Gasteiger partial charge is 0.0970 e. The molecule has 0 aromatic rings. The maximum atomic E-state index is 9.33. The molecule has 0 unspecified atom stereocenters. The van der Waals surface area contributed by atoms with Crippen molar-refractivity contribution in [1.82, 2.24) is 5.32 Å². The molecule has 1 aliphatic rings. The van der Waals surface area contributed by atoms with E-state index in [1.165, 1.54) is 0 Å². The van der Waals surface area contributed by atoms with Gasteiger partial charge >= 0.3 is 0 Å². The highest BCUT2D eigenvalue weighted by Gasteiger charge is 2.24. The zero-order chi connectivity index (χ0) is 8.81. The first-order chi connectivity index (χ1) is 5.84. The summed E-state index contributed by atoms with van der Waals surface area (Å²) in [6, 6.07) is 0. The van der Waals surface area contributed by atoms with Crippen molar-refractivity contribution in [2.45, 2.75) is 18.6 Å². The number of rotatable bonds is 5. The third kappa shape index (κ3) is 3.06. The van der Waals surface area contributed by atoms with Crippen LogP contribution in [0.25, 0.3) is 0 Å². The first-order valence-electron chi connectivity index (χ1n) is 4.34. The van der Waals surface area contributed by atoms with Gasteiger partial charge in [-0.2, -0.15) is 0 Å².